The topological polar surface area (TPSA) is 32.7 Å². The van der Waals surface area contributed by atoms with Gasteiger partial charge in [0.25, 0.3) is 0 Å². The van der Waals surface area contributed by atoms with E-state index in [4.69, 9.17) is 9.84 Å². The highest BCUT2D eigenvalue weighted by Gasteiger charge is 2.00. The summed E-state index contributed by atoms with van der Waals surface area (Å²) >= 11 is 0. The van der Waals surface area contributed by atoms with Gasteiger partial charge in [-0.2, -0.15) is 0 Å². The van der Waals surface area contributed by atoms with Gasteiger partial charge in [-0.15, -0.1) is 0 Å². The third-order valence-corrected chi connectivity index (χ3v) is 1.99. The molecule has 0 aliphatic rings. The van der Waals surface area contributed by atoms with Crippen LogP contribution in [0, 0.1) is 17.7 Å². The summed E-state index contributed by atoms with van der Waals surface area (Å²) in [7, 11) is 3.88. The number of hydrogen-bond acceptors (Lipinski definition) is 3. The molecule has 0 heterocycles. The minimum Gasteiger partial charge on any atom is -0.492 e. The molecule has 0 bridgehead atoms. The third kappa shape index (κ3) is 5.34. The smallest absolute Gasteiger partial charge is 0.128 e. The van der Waals surface area contributed by atoms with Crippen molar-refractivity contribution in [2.45, 2.75) is 0 Å². The second kappa shape index (κ2) is 6.89. The summed E-state index contributed by atoms with van der Waals surface area (Å²) in [5.74, 6) is 5.17. The first kappa shape index (κ1) is 13.5. The Balaban J connectivity index is 2.68. The second-order valence-electron chi connectivity index (χ2n) is 3.79. The van der Waals surface area contributed by atoms with E-state index in [1.165, 1.54) is 12.1 Å². The van der Waals surface area contributed by atoms with Gasteiger partial charge in [-0.1, -0.05) is 11.8 Å². The van der Waals surface area contributed by atoms with Gasteiger partial charge in [-0.3, -0.25) is 0 Å². The molecule has 92 valence electrons. The maximum absolute atomic E-state index is 13.2. The van der Waals surface area contributed by atoms with Gasteiger partial charge in [0.2, 0.25) is 0 Å². The summed E-state index contributed by atoms with van der Waals surface area (Å²) in [4.78, 5) is 1.98. The van der Waals surface area contributed by atoms with Crippen molar-refractivity contribution in [2.75, 3.05) is 33.9 Å². The fourth-order valence-corrected chi connectivity index (χ4v) is 1.21. The van der Waals surface area contributed by atoms with Gasteiger partial charge >= 0.3 is 0 Å². The molecular formula is C13H16FNO2. The van der Waals surface area contributed by atoms with Crippen LogP contribution in [0.15, 0.2) is 18.2 Å². The van der Waals surface area contributed by atoms with E-state index in [-0.39, 0.29) is 6.61 Å². The van der Waals surface area contributed by atoms with Crippen LogP contribution in [0.25, 0.3) is 0 Å². The summed E-state index contributed by atoms with van der Waals surface area (Å²) in [5.41, 5.74) is 0.499. The minimum atomic E-state index is -0.394. The van der Waals surface area contributed by atoms with Crippen molar-refractivity contribution in [1.29, 1.82) is 0 Å². The molecule has 17 heavy (non-hydrogen) atoms. The van der Waals surface area contributed by atoms with Crippen molar-refractivity contribution in [2.24, 2.45) is 0 Å². The number of halogens is 1. The summed E-state index contributed by atoms with van der Waals surface area (Å²) in [5, 5.41) is 8.56. The monoisotopic (exact) mass is 237 g/mol. The second-order valence-corrected chi connectivity index (χ2v) is 3.79. The maximum Gasteiger partial charge on any atom is 0.128 e. The van der Waals surface area contributed by atoms with Crippen LogP contribution in [0.5, 0.6) is 5.75 Å². The van der Waals surface area contributed by atoms with Crippen molar-refractivity contribution in [3.8, 4) is 17.6 Å². The zero-order chi connectivity index (χ0) is 12.7. The number of benzene rings is 1. The number of nitrogens with zero attached hydrogens (tertiary/aromatic N) is 1. The molecule has 0 aliphatic heterocycles. The number of aliphatic hydroxyl groups excluding tert-OH is 1. The van der Waals surface area contributed by atoms with Gasteiger partial charge in [0.1, 0.15) is 24.8 Å². The Hall–Kier alpha value is -1.57. The molecule has 0 spiro atoms. The summed E-state index contributed by atoms with van der Waals surface area (Å²) in [6.45, 7) is 1.00. The lowest BCUT2D eigenvalue weighted by Gasteiger charge is -2.11. The Bertz CT molecular complexity index is 421. The van der Waals surface area contributed by atoms with Crippen LogP contribution in [-0.2, 0) is 0 Å². The number of aliphatic hydroxyl groups is 1. The average Bonchev–Trinajstić information content (AvgIpc) is 2.25. The molecule has 0 amide bonds. The highest BCUT2D eigenvalue weighted by Crippen LogP contribution is 2.15. The Labute approximate surface area is 101 Å². The lowest BCUT2D eigenvalue weighted by atomic mass is 10.2. The summed E-state index contributed by atoms with van der Waals surface area (Å²) < 4.78 is 18.6. The van der Waals surface area contributed by atoms with E-state index in [0.29, 0.717) is 17.9 Å². The Morgan fingerprint density at radius 2 is 2.12 bits per heavy atom. The van der Waals surface area contributed by atoms with Gasteiger partial charge in [0, 0.05) is 18.2 Å². The Morgan fingerprint density at radius 1 is 1.35 bits per heavy atom. The molecule has 0 aliphatic carbocycles. The van der Waals surface area contributed by atoms with Gasteiger partial charge in [0.15, 0.2) is 0 Å². The normalized spacial score (nSPS) is 9.94. The quantitative estimate of drug-likeness (QED) is 0.796. The van der Waals surface area contributed by atoms with Crippen LogP contribution in [0.2, 0.25) is 0 Å². The molecule has 1 aromatic rings. The number of hydrogen-bond donors (Lipinski definition) is 1. The number of likely N-dealkylation sites (N-methyl/N-ethyl adjacent to an activating group) is 1. The maximum atomic E-state index is 13.2. The zero-order valence-corrected chi connectivity index (χ0v) is 10.0. The van der Waals surface area contributed by atoms with Gasteiger partial charge in [-0.05, 0) is 26.2 Å². The van der Waals surface area contributed by atoms with Crippen LogP contribution in [0.3, 0.4) is 0 Å². The Morgan fingerprint density at radius 3 is 2.76 bits per heavy atom. The fraction of sp³-hybridized carbons (Fsp3) is 0.385. The van der Waals surface area contributed by atoms with Crippen LogP contribution in [0.4, 0.5) is 4.39 Å². The van der Waals surface area contributed by atoms with E-state index in [9.17, 15) is 4.39 Å². The predicted octanol–water partition coefficient (Wildman–Crippen LogP) is 1.11. The van der Waals surface area contributed by atoms with Crippen LogP contribution in [0.1, 0.15) is 5.56 Å². The molecule has 1 rings (SSSR count). The molecule has 3 nitrogen and oxygen atoms in total. The van der Waals surface area contributed by atoms with E-state index >= 15 is 0 Å². The van der Waals surface area contributed by atoms with Crippen LogP contribution in [-0.4, -0.2) is 43.9 Å². The summed E-state index contributed by atoms with van der Waals surface area (Å²) in [6.07, 6.45) is 0. The van der Waals surface area contributed by atoms with E-state index in [1.807, 2.05) is 19.0 Å². The van der Waals surface area contributed by atoms with E-state index < -0.39 is 5.82 Å². The number of ether oxygens (including phenoxy) is 1. The lowest BCUT2D eigenvalue weighted by molar-refractivity contribution is 0.260. The molecule has 0 saturated carbocycles. The first-order valence-electron chi connectivity index (χ1n) is 5.29. The van der Waals surface area contributed by atoms with Crippen LogP contribution < -0.4 is 4.74 Å². The molecule has 0 radical (unpaired) electrons. The molecule has 4 heteroatoms. The van der Waals surface area contributed by atoms with E-state index in [1.54, 1.807) is 6.07 Å². The standard InChI is InChI=1S/C13H16FNO2/c1-15(2)5-7-17-13-9-11(4-3-6-16)8-12(14)10-13/h8-10,16H,5-7H2,1-2H3. The van der Waals surface area contributed by atoms with Crippen molar-refractivity contribution in [3.63, 3.8) is 0 Å². The molecule has 0 unspecified atom stereocenters. The van der Waals surface area contributed by atoms with Gasteiger partial charge in [0.05, 0.1) is 0 Å². The van der Waals surface area contributed by atoms with Crippen molar-refractivity contribution in [1.82, 2.24) is 4.90 Å². The highest BCUT2D eigenvalue weighted by atomic mass is 19.1. The molecule has 1 N–H and O–H groups in total. The predicted molar refractivity (Wildman–Crippen MR) is 64.4 cm³/mol. The van der Waals surface area contributed by atoms with Gasteiger partial charge in [-0.25, -0.2) is 4.39 Å². The SMILES string of the molecule is CN(C)CCOc1cc(F)cc(C#CCO)c1. The fourth-order valence-electron chi connectivity index (χ4n) is 1.21. The molecule has 0 aromatic heterocycles. The van der Waals surface area contributed by atoms with Crippen molar-refractivity contribution >= 4 is 0 Å². The van der Waals surface area contributed by atoms with Crippen molar-refractivity contribution < 1.29 is 14.2 Å². The Kier molecular flexibility index (Phi) is 5.47. The van der Waals surface area contributed by atoms with Gasteiger partial charge < -0.3 is 14.7 Å². The molecule has 0 atom stereocenters. The highest BCUT2D eigenvalue weighted by molar-refractivity contribution is 5.40. The van der Waals surface area contributed by atoms with Crippen LogP contribution >= 0.6 is 0 Å². The first-order chi connectivity index (χ1) is 8.11. The average molecular weight is 237 g/mol. The van der Waals surface area contributed by atoms with E-state index in [0.717, 1.165) is 6.54 Å². The lowest BCUT2D eigenvalue weighted by Crippen LogP contribution is -2.19. The van der Waals surface area contributed by atoms with E-state index in [2.05, 4.69) is 11.8 Å². The minimum absolute atomic E-state index is 0.243. The largest absolute Gasteiger partial charge is 0.492 e. The van der Waals surface area contributed by atoms with Crippen molar-refractivity contribution in [3.05, 3.63) is 29.6 Å². The molecule has 1 aromatic carbocycles. The molecule has 0 saturated heterocycles. The third-order valence-electron chi connectivity index (χ3n) is 1.99. The summed E-state index contributed by atoms with van der Waals surface area (Å²) in [6, 6.07) is 4.28. The zero-order valence-electron chi connectivity index (χ0n) is 10.0. The number of rotatable bonds is 4. The first-order valence-corrected chi connectivity index (χ1v) is 5.29. The molecular weight excluding hydrogens is 221 g/mol. The molecule has 0 fully saturated rings.